The van der Waals surface area contributed by atoms with Gasteiger partial charge in [-0.3, -0.25) is 4.79 Å². The van der Waals surface area contributed by atoms with Gasteiger partial charge in [0, 0.05) is 13.6 Å². The fourth-order valence-corrected chi connectivity index (χ4v) is 0.728. The van der Waals surface area contributed by atoms with E-state index in [0.717, 1.165) is 6.54 Å². The largest absolute Gasteiger partial charge is 0.344 e. The average molecular weight is 158 g/mol. The van der Waals surface area contributed by atoms with Crippen molar-refractivity contribution in [1.82, 2.24) is 10.2 Å². The van der Waals surface area contributed by atoms with E-state index in [4.69, 9.17) is 0 Å². The molecule has 0 aromatic carbocycles. The highest BCUT2D eigenvalue weighted by Gasteiger charge is 2.27. The highest BCUT2D eigenvalue weighted by Crippen LogP contribution is 2.04. The third-order valence-corrected chi connectivity index (χ3v) is 1.98. The number of nitrogens with one attached hydrogen (secondary N) is 1. The van der Waals surface area contributed by atoms with Gasteiger partial charge in [0.15, 0.2) is 0 Å². The molecule has 0 unspecified atom stereocenters. The number of hydrogen-bond acceptors (Lipinski definition) is 2. The quantitative estimate of drug-likeness (QED) is 0.647. The maximum atomic E-state index is 11.5. The van der Waals surface area contributed by atoms with Gasteiger partial charge in [0.05, 0.1) is 5.54 Å². The molecule has 0 saturated heterocycles. The number of carbonyl (C=O) groups is 1. The van der Waals surface area contributed by atoms with Crippen LogP contribution < -0.4 is 5.32 Å². The monoisotopic (exact) mass is 158 g/mol. The van der Waals surface area contributed by atoms with Gasteiger partial charge in [-0.15, -0.1) is 0 Å². The minimum absolute atomic E-state index is 0.127. The number of carbonyl (C=O) groups excluding carboxylic acids is 1. The Kier molecular flexibility index (Phi) is 3.52. The number of likely N-dealkylation sites (N-methyl/N-ethyl adjacent to an activating group) is 2. The van der Waals surface area contributed by atoms with Crippen molar-refractivity contribution in [3.8, 4) is 0 Å². The van der Waals surface area contributed by atoms with E-state index >= 15 is 0 Å². The van der Waals surface area contributed by atoms with Crippen LogP contribution in [0.25, 0.3) is 0 Å². The van der Waals surface area contributed by atoms with Crippen molar-refractivity contribution >= 4 is 5.91 Å². The molecule has 0 fully saturated rings. The van der Waals surface area contributed by atoms with Crippen LogP contribution in [0.2, 0.25) is 0 Å². The van der Waals surface area contributed by atoms with E-state index < -0.39 is 5.54 Å². The first-order chi connectivity index (χ1) is 4.95. The zero-order valence-electron chi connectivity index (χ0n) is 8.06. The molecule has 3 nitrogen and oxygen atoms in total. The van der Waals surface area contributed by atoms with Crippen LogP contribution >= 0.6 is 0 Å². The summed E-state index contributed by atoms with van der Waals surface area (Å²) in [6.45, 7) is 6.47. The zero-order chi connectivity index (χ0) is 9.07. The highest BCUT2D eigenvalue weighted by molar-refractivity contribution is 5.85. The first-order valence-electron chi connectivity index (χ1n) is 3.90. The maximum absolute atomic E-state index is 11.5. The molecule has 0 atom stereocenters. The van der Waals surface area contributed by atoms with E-state index in [2.05, 4.69) is 5.32 Å². The lowest BCUT2D eigenvalue weighted by atomic mass is 10.0. The third-order valence-electron chi connectivity index (χ3n) is 1.98. The van der Waals surface area contributed by atoms with E-state index in [1.165, 1.54) is 0 Å². The predicted octanol–water partition coefficient (Wildman–Crippen LogP) is 0.463. The van der Waals surface area contributed by atoms with Crippen molar-refractivity contribution in [2.45, 2.75) is 26.3 Å². The molecular weight excluding hydrogens is 140 g/mol. The predicted molar refractivity (Wildman–Crippen MR) is 46.4 cm³/mol. The van der Waals surface area contributed by atoms with Gasteiger partial charge in [-0.25, -0.2) is 0 Å². The highest BCUT2D eigenvalue weighted by atomic mass is 16.2. The number of rotatable bonds is 3. The van der Waals surface area contributed by atoms with Gasteiger partial charge in [0.1, 0.15) is 0 Å². The fraction of sp³-hybridized carbons (Fsp3) is 0.875. The first kappa shape index (κ1) is 10.4. The summed E-state index contributed by atoms with van der Waals surface area (Å²) in [7, 11) is 3.60. The Morgan fingerprint density at radius 1 is 1.55 bits per heavy atom. The van der Waals surface area contributed by atoms with Gasteiger partial charge in [0.25, 0.3) is 0 Å². The smallest absolute Gasteiger partial charge is 0.242 e. The molecule has 11 heavy (non-hydrogen) atoms. The van der Waals surface area contributed by atoms with E-state index in [9.17, 15) is 4.79 Å². The molecule has 0 aliphatic heterocycles. The van der Waals surface area contributed by atoms with Crippen LogP contribution in [-0.2, 0) is 4.79 Å². The van der Waals surface area contributed by atoms with Crippen molar-refractivity contribution in [2.24, 2.45) is 0 Å². The molecule has 0 aromatic heterocycles. The second-order valence-corrected chi connectivity index (χ2v) is 3.19. The minimum atomic E-state index is -0.440. The molecule has 0 spiro atoms. The molecule has 0 heterocycles. The Hall–Kier alpha value is -0.570. The van der Waals surface area contributed by atoms with Crippen molar-refractivity contribution in [2.75, 3.05) is 20.6 Å². The molecule has 0 bridgehead atoms. The summed E-state index contributed by atoms with van der Waals surface area (Å²) >= 11 is 0. The van der Waals surface area contributed by atoms with Gasteiger partial charge >= 0.3 is 0 Å². The molecule has 1 N–H and O–H groups in total. The van der Waals surface area contributed by atoms with Crippen LogP contribution in [0.15, 0.2) is 0 Å². The van der Waals surface area contributed by atoms with Crippen molar-refractivity contribution in [3.05, 3.63) is 0 Å². The van der Waals surface area contributed by atoms with E-state index in [1.807, 2.05) is 20.8 Å². The van der Waals surface area contributed by atoms with E-state index in [-0.39, 0.29) is 5.91 Å². The lowest BCUT2D eigenvalue weighted by Gasteiger charge is -2.28. The first-order valence-corrected chi connectivity index (χ1v) is 3.90. The normalized spacial score (nSPS) is 11.4. The minimum Gasteiger partial charge on any atom is -0.344 e. The second kappa shape index (κ2) is 3.72. The average Bonchev–Trinajstić information content (AvgIpc) is 2.01. The van der Waals surface area contributed by atoms with Gasteiger partial charge in [-0.2, -0.15) is 0 Å². The summed E-state index contributed by atoms with van der Waals surface area (Å²) in [5.74, 6) is 0.127. The van der Waals surface area contributed by atoms with Crippen LogP contribution in [0.1, 0.15) is 20.8 Å². The number of amides is 1. The summed E-state index contributed by atoms with van der Waals surface area (Å²) in [6, 6.07) is 0. The molecule has 66 valence electrons. The fourth-order valence-electron chi connectivity index (χ4n) is 0.728. The Labute approximate surface area is 68.8 Å². The molecule has 0 aliphatic carbocycles. The van der Waals surface area contributed by atoms with Crippen LogP contribution in [0.3, 0.4) is 0 Å². The Balaban J connectivity index is 4.23. The molecular formula is C8H18N2O. The standard InChI is InChI=1S/C8H18N2O/c1-6-10(5)7(11)8(2,3)9-4/h9H,6H2,1-5H3. The third kappa shape index (κ3) is 2.50. The molecule has 0 aromatic rings. The van der Waals surface area contributed by atoms with Crippen molar-refractivity contribution in [1.29, 1.82) is 0 Å². The van der Waals surface area contributed by atoms with E-state index in [1.54, 1.807) is 19.0 Å². The Bertz CT molecular complexity index is 143. The molecule has 0 rings (SSSR count). The molecule has 1 amide bonds. The number of nitrogens with zero attached hydrogens (tertiary/aromatic N) is 1. The SMILES string of the molecule is CCN(C)C(=O)C(C)(C)NC. The van der Waals surface area contributed by atoms with Gasteiger partial charge < -0.3 is 10.2 Å². The van der Waals surface area contributed by atoms with Gasteiger partial charge in [-0.05, 0) is 27.8 Å². The summed E-state index contributed by atoms with van der Waals surface area (Å²) < 4.78 is 0. The Morgan fingerprint density at radius 2 is 2.00 bits per heavy atom. The van der Waals surface area contributed by atoms with Crippen LogP contribution in [0.4, 0.5) is 0 Å². The van der Waals surface area contributed by atoms with Crippen LogP contribution in [0, 0.1) is 0 Å². The topological polar surface area (TPSA) is 32.3 Å². The van der Waals surface area contributed by atoms with Gasteiger partial charge in [0.2, 0.25) is 5.91 Å². The molecule has 3 heteroatoms. The van der Waals surface area contributed by atoms with Crippen LogP contribution in [0.5, 0.6) is 0 Å². The van der Waals surface area contributed by atoms with Crippen molar-refractivity contribution in [3.63, 3.8) is 0 Å². The molecule has 0 radical (unpaired) electrons. The van der Waals surface area contributed by atoms with Gasteiger partial charge in [-0.1, -0.05) is 0 Å². The number of hydrogen-bond donors (Lipinski definition) is 1. The second-order valence-electron chi connectivity index (χ2n) is 3.19. The molecule has 0 saturated carbocycles. The Morgan fingerprint density at radius 3 is 2.27 bits per heavy atom. The summed E-state index contributed by atoms with van der Waals surface area (Å²) in [4.78, 5) is 13.2. The summed E-state index contributed by atoms with van der Waals surface area (Å²) in [5.41, 5.74) is -0.440. The lowest BCUT2D eigenvalue weighted by Crippen LogP contribution is -2.51. The summed E-state index contributed by atoms with van der Waals surface area (Å²) in [6.07, 6.45) is 0. The lowest BCUT2D eigenvalue weighted by molar-refractivity contribution is -0.135. The van der Waals surface area contributed by atoms with Crippen molar-refractivity contribution < 1.29 is 4.79 Å². The van der Waals surface area contributed by atoms with E-state index in [0.29, 0.717) is 0 Å². The van der Waals surface area contributed by atoms with Crippen LogP contribution in [-0.4, -0.2) is 37.0 Å². The zero-order valence-corrected chi connectivity index (χ0v) is 8.06. The summed E-state index contributed by atoms with van der Waals surface area (Å²) in [5, 5.41) is 2.97. The molecule has 0 aliphatic rings. The maximum Gasteiger partial charge on any atom is 0.242 e.